The molecule has 1 aliphatic rings. The fraction of sp³-hybridized carbons (Fsp3) is 0.462. The van der Waals surface area contributed by atoms with Gasteiger partial charge in [-0.25, -0.2) is 13.6 Å². The fourth-order valence-corrected chi connectivity index (χ4v) is 2.60. The van der Waals surface area contributed by atoms with Crippen LogP contribution in [0, 0.1) is 11.6 Å². The Morgan fingerprint density at radius 3 is 2.56 bits per heavy atom. The lowest BCUT2D eigenvalue weighted by Gasteiger charge is -2.25. The number of hydrogen-bond acceptors (Lipinski definition) is 3. The minimum Gasteiger partial charge on any atom is -0.493 e. The summed E-state index contributed by atoms with van der Waals surface area (Å²) in [4.78, 5) is 14.4. The molecule has 1 fully saturated rings. The Labute approximate surface area is 103 Å². The van der Waals surface area contributed by atoms with Gasteiger partial charge < -0.3 is 4.74 Å². The molecule has 0 N–H and O–H groups in total. The molecule has 1 aliphatic carbocycles. The number of hydrogen-bond donors (Lipinski definition) is 0. The van der Waals surface area contributed by atoms with Crippen molar-refractivity contribution in [3.63, 3.8) is 0 Å². The summed E-state index contributed by atoms with van der Waals surface area (Å²) in [6, 6.07) is 1.95. The van der Waals surface area contributed by atoms with Crippen molar-refractivity contribution in [1.82, 2.24) is 0 Å². The van der Waals surface area contributed by atoms with Crippen LogP contribution in [0.15, 0.2) is 17.1 Å². The molecule has 1 aromatic rings. The van der Waals surface area contributed by atoms with Gasteiger partial charge in [-0.1, -0.05) is 12.8 Å². The van der Waals surface area contributed by atoms with Gasteiger partial charge in [0.1, 0.15) is 11.4 Å². The SMILES string of the molecule is COc1c(F)cc(F)cc1C1(N=C=O)CCCC1. The second kappa shape index (κ2) is 4.86. The molecule has 0 atom stereocenters. The van der Waals surface area contributed by atoms with Crippen molar-refractivity contribution >= 4 is 6.08 Å². The van der Waals surface area contributed by atoms with E-state index in [0.717, 1.165) is 18.9 Å². The van der Waals surface area contributed by atoms with E-state index >= 15 is 0 Å². The number of ether oxygens (including phenoxy) is 1. The first-order chi connectivity index (χ1) is 8.63. The molecule has 3 nitrogen and oxygen atoms in total. The third kappa shape index (κ3) is 2.02. The van der Waals surface area contributed by atoms with Gasteiger partial charge in [0.25, 0.3) is 0 Å². The molecule has 0 aromatic heterocycles. The van der Waals surface area contributed by atoms with Gasteiger partial charge in [0.15, 0.2) is 11.6 Å². The van der Waals surface area contributed by atoms with E-state index in [9.17, 15) is 13.6 Å². The summed E-state index contributed by atoms with van der Waals surface area (Å²) in [5.41, 5.74) is -0.598. The Morgan fingerprint density at radius 2 is 2.00 bits per heavy atom. The molecule has 2 rings (SSSR count). The van der Waals surface area contributed by atoms with Crippen LogP contribution in [0.25, 0.3) is 0 Å². The van der Waals surface area contributed by atoms with Gasteiger partial charge in [-0.05, 0) is 18.9 Å². The van der Waals surface area contributed by atoms with E-state index < -0.39 is 17.2 Å². The van der Waals surface area contributed by atoms with Crippen molar-refractivity contribution in [2.75, 3.05) is 7.11 Å². The largest absolute Gasteiger partial charge is 0.493 e. The normalized spacial score (nSPS) is 17.3. The summed E-state index contributed by atoms with van der Waals surface area (Å²) in [5.74, 6) is -1.52. The van der Waals surface area contributed by atoms with Gasteiger partial charge in [-0.3, -0.25) is 0 Å². The quantitative estimate of drug-likeness (QED) is 0.613. The van der Waals surface area contributed by atoms with Crippen molar-refractivity contribution in [3.8, 4) is 5.75 Å². The molecule has 18 heavy (non-hydrogen) atoms. The number of benzene rings is 1. The number of isocyanates is 1. The Hall–Kier alpha value is -1.74. The predicted molar refractivity (Wildman–Crippen MR) is 61.2 cm³/mol. The smallest absolute Gasteiger partial charge is 0.235 e. The van der Waals surface area contributed by atoms with Crippen molar-refractivity contribution in [3.05, 3.63) is 29.3 Å². The molecule has 0 aliphatic heterocycles. The summed E-state index contributed by atoms with van der Waals surface area (Å²) in [6.07, 6.45) is 4.36. The lowest BCUT2D eigenvalue weighted by atomic mass is 9.88. The maximum atomic E-state index is 13.7. The van der Waals surface area contributed by atoms with Crippen molar-refractivity contribution in [2.24, 2.45) is 4.99 Å². The maximum absolute atomic E-state index is 13.7. The highest BCUT2D eigenvalue weighted by atomic mass is 19.1. The average molecular weight is 253 g/mol. The zero-order chi connectivity index (χ0) is 13.2. The minimum absolute atomic E-state index is 0.0442. The fourth-order valence-electron chi connectivity index (χ4n) is 2.60. The van der Waals surface area contributed by atoms with Crippen LogP contribution in [0.1, 0.15) is 31.2 Å². The lowest BCUT2D eigenvalue weighted by molar-refractivity contribution is 0.354. The second-order valence-electron chi connectivity index (χ2n) is 4.41. The van der Waals surface area contributed by atoms with Crippen LogP contribution in [0.3, 0.4) is 0 Å². The lowest BCUT2D eigenvalue weighted by Crippen LogP contribution is -2.21. The summed E-state index contributed by atoms with van der Waals surface area (Å²) in [7, 11) is 1.31. The van der Waals surface area contributed by atoms with Gasteiger partial charge in [-0.2, -0.15) is 4.99 Å². The number of nitrogens with zero attached hydrogens (tertiary/aromatic N) is 1. The van der Waals surface area contributed by atoms with Gasteiger partial charge in [0.2, 0.25) is 6.08 Å². The molecule has 0 amide bonds. The summed E-state index contributed by atoms with van der Waals surface area (Å²) >= 11 is 0. The van der Waals surface area contributed by atoms with Crippen LogP contribution in [-0.4, -0.2) is 13.2 Å². The van der Waals surface area contributed by atoms with Crippen molar-refractivity contribution < 1.29 is 18.3 Å². The number of rotatable bonds is 3. The van der Waals surface area contributed by atoms with Gasteiger partial charge >= 0.3 is 0 Å². The Morgan fingerprint density at radius 1 is 1.33 bits per heavy atom. The molecule has 0 heterocycles. The molecule has 1 aromatic carbocycles. The number of aliphatic imine (C=N–C) groups is 1. The summed E-state index contributed by atoms with van der Waals surface area (Å²) in [5, 5.41) is 0. The van der Waals surface area contributed by atoms with E-state index in [1.165, 1.54) is 19.3 Å². The average Bonchev–Trinajstić information content (AvgIpc) is 2.78. The first kappa shape index (κ1) is 12.7. The molecule has 0 bridgehead atoms. The number of halogens is 2. The van der Waals surface area contributed by atoms with E-state index in [0.29, 0.717) is 18.4 Å². The number of carbonyl (C=O) groups excluding carboxylic acids is 1. The first-order valence-electron chi connectivity index (χ1n) is 5.75. The van der Waals surface area contributed by atoms with Crippen LogP contribution in [0.4, 0.5) is 8.78 Å². The zero-order valence-corrected chi connectivity index (χ0v) is 10.0. The number of methoxy groups -OCH3 is 1. The van der Waals surface area contributed by atoms with Crippen molar-refractivity contribution in [1.29, 1.82) is 0 Å². The Balaban J connectivity index is 2.64. The predicted octanol–water partition coefficient (Wildman–Crippen LogP) is 3.08. The molecule has 0 unspecified atom stereocenters. The topological polar surface area (TPSA) is 38.7 Å². The zero-order valence-electron chi connectivity index (χ0n) is 10.0. The van der Waals surface area contributed by atoms with Crippen LogP contribution >= 0.6 is 0 Å². The van der Waals surface area contributed by atoms with Crippen molar-refractivity contribution in [2.45, 2.75) is 31.2 Å². The highest BCUT2D eigenvalue weighted by molar-refractivity contribution is 5.45. The summed E-state index contributed by atoms with van der Waals surface area (Å²) < 4.78 is 32.0. The molecule has 0 spiro atoms. The highest BCUT2D eigenvalue weighted by Gasteiger charge is 2.39. The first-order valence-corrected chi connectivity index (χ1v) is 5.75. The third-order valence-electron chi connectivity index (χ3n) is 3.40. The molecule has 96 valence electrons. The molecule has 0 radical (unpaired) electrons. The van der Waals surface area contributed by atoms with Gasteiger partial charge in [0.05, 0.1) is 7.11 Å². The molecular formula is C13H13F2NO2. The highest BCUT2D eigenvalue weighted by Crippen LogP contribution is 2.46. The molecule has 0 saturated heterocycles. The Kier molecular flexibility index (Phi) is 3.43. The summed E-state index contributed by atoms with van der Waals surface area (Å²) in [6.45, 7) is 0. The molecule has 1 saturated carbocycles. The van der Waals surface area contributed by atoms with Crippen LogP contribution in [0.5, 0.6) is 5.75 Å². The third-order valence-corrected chi connectivity index (χ3v) is 3.40. The standard InChI is InChI=1S/C13H13F2NO2/c1-18-12-10(6-9(14)7-11(12)15)13(16-8-17)4-2-3-5-13/h6-7H,2-5H2,1H3. The van der Waals surface area contributed by atoms with E-state index in [1.54, 1.807) is 0 Å². The minimum atomic E-state index is -0.893. The van der Waals surface area contributed by atoms with Crippen LogP contribution in [-0.2, 0) is 10.3 Å². The second-order valence-corrected chi connectivity index (χ2v) is 4.41. The van der Waals surface area contributed by atoms with E-state index in [4.69, 9.17) is 4.74 Å². The van der Waals surface area contributed by atoms with Gasteiger partial charge in [0, 0.05) is 11.6 Å². The molecular weight excluding hydrogens is 240 g/mol. The van der Waals surface area contributed by atoms with Gasteiger partial charge in [-0.15, -0.1) is 0 Å². The van der Waals surface area contributed by atoms with Crippen LogP contribution in [0.2, 0.25) is 0 Å². The van der Waals surface area contributed by atoms with E-state index in [2.05, 4.69) is 4.99 Å². The van der Waals surface area contributed by atoms with E-state index in [1.807, 2.05) is 0 Å². The molecule has 5 heteroatoms. The van der Waals surface area contributed by atoms with E-state index in [-0.39, 0.29) is 5.75 Å². The maximum Gasteiger partial charge on any atom is 0.235 e. The Bertz CT molecular complexity index is 504. The van der Waals surface area contributed by atoms with Crippen LogP contribution < -0.4 is 4.74 Å². The monoisotopic (exact) mass is 253 g/mol.